The summed E-state index contributed by atoms with van der Waals surface area (Å²) < 4.78 is 20.1. The molecule has 7 rings (SSSR count). The highest BCUT2D eigenvalue weighted by Crippen LogP contribution is 2.61. The zero-order valence-electron chi connectivity index (χ0n) is 19.5. The number of hydrogen-bond acceptors (Lipinski definition) is 5. The molecule has 4 aromatic rings. The second-order valence-electron chi connectivity index (χ2n) is 9.66. The second-order valence-corrected chi connectivity index (χ2v) is 9.66. The van der Waals surface area contributed by atoms with Crippen LogP contribution in [0.15, 0.2) is 102 Å². The number of benzene rings is 3. The van der Waals surface area contributed by atoms with Gasteiger partial charge in [-0.05, 0) is 30.3 Å². The maximum atomic E-state index is 14.4. The molecule has 3 heterocycles. The number of fused-ring (bicyclic) bond motifs is 5. The first-order valence-corrected chi connectivity index (χ1v) is 12.1. The molecule has 1 aromatic heterocycles. The zero-order chi connectivity index (χ0) is 25.3. The first-order chi connectivity index (χ1) is 18.0. The van der Waals surface area contributed by atoms with Crippen LogP contribution in [0.25, 0.3) is 6.08 Å². The van der Waals surface area contributed by atoms with Gasteiger partial charge in [0.1, 0.15) is 23.0 Å². The Kier molecular flexibility index (Phi) is 4.52. The summed E-state index contributed by atoms with van der Waals surface area (Å²) in [6, 6.07) is 21.6. The average Bonchev–Trinajstić information content (AvgIpc) is 3.62. The predicted octanol–water partition coefficient (Wildman–Crippen LogP) is 5.74. The van der Waals surface area contributed by atoms with Crippen molar-refractivity contribution in [2.24, 2.45) is 5.41 Å². The molecule has 0 unspecified atom stereocenters. The van der Waals surface area contributed by atoms with E-state index in [0.29, 0.717) is 33.7 Å². The number of nitrogens with zero attached hydrogens (tertiary/aromatic N) is 1. The average molecular weight is 490 g/mol. The second kappa shape index (κ2) is 7.71. The Morgan fingerprint density at radius 1 is 0.865 bits per heavy atom. The van der Waals surface area contributed by atoms with E-state index in [0.717, 1.165) is 0 Å². The molecule has 0 bridgehead atoms. The number of Topliss-reactive ketones (excluding diaryl/α,β-unsaturated/α-hetero) is 3. The normalized spacial score (nSPS) is 22.7. The lowest BCUT2D eigenvalue weighted by Crippen LogP contribution is -2.48. The van der Waals surface area contributed by atoms with E-state index in [1.165, 1.54) is 18.4 Å². The van der Waals surface area contributed by atoms with Crippen LogP contribution in [-0.2, 0) is 0 Å². The van der Waals surface area contributed by atoms with Crippen LogP contribution in [0.3, 0.4) is 0 Å². The van der Waals surface area contributed by atoms with Crippen molar-refractivity contribution in [3.63, 3.8) is 0 Å². The van der Waals surface area contributed by atoms with Crippen molar-refractivity contribution in [1.29, 1.82) is 0 Å². The van der Waals surface area contributed by atoms with Gasteiger partial charge in [-0.25, -0.2) is 4.39 Å². The molecule has 1 fully saturated rings. The van der Waals surface area contributed by atoms with Gasteiger partial charge in [-0.3, -0.25) is 14.4 Å². The molecule has 3 atom stereocenters. The van der Waals surface area contributed by atoms with Crippen LogP contribution in [0.1, 0.15) is 48.3 Å². The standard InChI is InChI=1S/C31H20FNO4/c32-20-13-14-23-19(17-20)12-15-25-31(29(35)21-9-4-5-10-22(21)30(31)36)26(24-11-6-16-37-24)27(33(23)25)28(34)18-7-2-1-3-8-18/h1-17,25-27H/t25-,26+,27-/m0/s1. The van der Waals surface area contributed by atoms with Crippen LogP contribution in [0, 0.1) is 11.2 Å². The summed E-state index contributed by atoms with van der Waals surface area (Å²) in [6.07, 6.45) is 4.98. The van der Waals surface area contributed by atoms with Gasteiger partial charge in [0.25, 0.3) is 0 Å². The molecule has 0 amide bonds. The van der Waals surface area contributed by atoms with E-state index in [1.807, 2.05) is 11.0 Å². The maximum Gasteiger partial charge on any atom is 0.186 e. The van der Waals surface area contributed by atoms with Gasteiger partial charge in [0.05, 0.1) is 18.2 Å². The van der Waals surface area contributed by atoms with Gasteiger partial charge in [-0.15, -0.1) is 0 Å². The molecule has 1 saturated heterocycles. The highest BCUT2D eigenvalue weighted by Gasteiger charge is 2.72. The topological polar surface area (TPSA) is 67.6 Å². The lowest BCUT2D eigenvalue weighted by molar-refractivity contribution is 0.0652. The van der Waals surface area contributed by atoms with Gasteiger partial charge < -0.3 is 9.32 Å². The van der Waals surface area contributed by atoms with Crippen LogP contribution < -0.4 is 4.90 Å². The van der Waals surface area contributed by atoms with Crippen LogP contribution >= 0.6 is 0 Å². The molecule has 0 radical (unpaired) electrons. The van der Waals surface area contributed by atoms with Crippen molar-refractivity contribution in [2.75, 3.05) is 4.90 Å². The zero-order valence-corrected chi connectivity index (χ0v) is 19.5. The van der Waals surface area contributed by atoms with Crippen molar-refractivity contribution in [2.45, 2.75) is 18.0 Å². The molecule has 5 nitrogen and oxygen atoms in total. The first-order valence-electron chi connectivity index (χ1n) is 12.1. The maximum absolute atomic E-state index is 14.4. The van der Waals surface area contributed by atoms with E-state index in [4.69, 9.17) is 4.42 Å². The first kappa shape index (κ1) is 21.7. The summed E-state index contributed by atoms with van der Waals surface area (Å²) in [5.41, 5.74) is 0.679. The van der Waals surface area contributed by atoms with Crippen molar-refractivity contribution in [3.05, 3.63) is 131 Å². The van der Waals surface area contributed by atoms with E-state index in [2.05, 4.69) is 0 Å². The molecule has 1 aliphatic carbocycles. The fourth-order valence-corrected chi connectivity index (χ4v) is 6.50. The summed E-state index contributed by atoms with van der Waals surface area (Å²) in [5.74, 6) is -1.84. The van der Waals surface area contributed by atoms with E-state index < -0.39 is 29.2 Å². The van der Waals surface area contributed by atoms with E-state index in [9.17, 15) is 18.8 Å². The number of anilines is 1. The van der Waals surface area contributed by atoms with Gasteiger partial charge >= 0.3 is 0 Å². The molecule has 3 aromatic carbocycles. The van der Waals surface area contributed by atoms with Crippen molar-refractivity contribution in [3.8, 4) is 0 Å². The smallest absolute Gasteiger partial charge is 0.186 e. The third kappa shape index (κ3) is 2.75. The summed E-state index contributed by atoms with van der Waals surface area (Å²) in [7, 11) is 0. The van der Waals surface area contributed by atoms with E-state index in [1.54, 1.807) is 78.9 Å². The van der Waals surface area contributed by atoms with Crippen LogP contribution in [0.2, 0.25) is 0 Å². The minimum absolute atomic E-state index is 0.244. The molecule has 0 N–H and O–H groups in total. The van der Waals surface area contributed by atoms with E-state index in [-0.39, 0.29) is 17.3 Å². The number of halogens is 1. The summed E-state index contributed by atoms with van der Waals surface area (Å²) in [5, 5.41) is 0. The molecule has 180 valence electrons. The number of carbonyl (C=O) groups is 3. The largest absolute Gasteiger partial charge is 0.469 e. The molecule has 6 heteroatoms. The Morgan fingerprint density at radius 3 is 2.24 bits per heavy atom. The summed E-state index contributed by atoms with van der Waals surface area (Å²) in [6.45, 7) is 0. The fourth-order valence-electron chi connectivity index (χ4n) is 6.50. The third-order valence-electron chi connectivity index (χ3n) is 7.94. The Labute approximate surface area is 211 Å². The van der Waals surface area contributed by atoms with Gasteiger partial charge in [-0.2, -0.15) is 0 Å². The van der Waals surface area contributed by atoms with Crippen LogP contribution in [0.5, 0.6) is 0 Å². The van der Waals surface area contributed by atoms with Gasteiger partial charge in [0, 0.05) is 27.9 Å². The molecule has 1 spiro atoms. The van der Waals surface area contributed by atoms with Gasteiger partial charge in [-0.1, -0.05) is 66.7 Å². The molecule has 2 aliphatic heterocycles. The number of hydrogen-bond donors (Lipinski definition) is 0. The fraction of sp³-hybridized carbons (Fsp3) is 0.129. The number of carbonyl (C=O) groups excluding carboxylic acids is 3. The molecule has 37 heavy (non-hydrogen) atoms. The van der Waals surface area contributed by atoms with Crippen molar-refractivity contribution >= 4 is 29.1 Å². The quantitative estimate of drug-likeness (QED) is 0.271. The Bertz CT molecular complexity index is 1590. The summed E-state index contributed by atoms with van der Waals surface area (Å²) in [4.78, 5) is 44.9. The third-order valence-corrected chi connectivity index (χ3v) is 7.94. The van der Waals surface area contributed by atoms with Gasteiger partial charge in [0.2, 0.25) is 0 Å². The SMILES string of the molecule is O=C(c1ccccc1)[C@@H]1[C@@H](c2ccco2)C2(C(=O)c3ccccc3C2=O)[C@@H]2C=Cc3cc(F)ccc3N12. The summed E-state index contributed by atoms with van der Waals surface area (Å²) >= 11 is 0. The van der Waals surface area contributed by atoms with Crippen molar-refractivity contribution in [1.82, 2.24) is 0 Å². The predicted molar refractivity (Wildman–Crippen MR) is 135 cm³/mol. The molecular weight excluding hydrogens is 469 g/mol. The Morgan fingerprint density at radius 2 is 1.57 bits per heavy atom. The van der Waals surface area contributed by atoms with Gasteiger partial charge in [0.15, 0.2) is 17.3 Å². The number of furan rings is 1. The lowest BCUT2D eigenvalue weighted by Gasteiger charge is -2.37. The minimum atomic E-state index is -1.63. The van der Waals surface area contributed by atoms with E-state index >= 15 is 0 Å². The van der Waals surface area contributed by atoms with Crippen molar-refractivity contribution < 1.29 is 23.2 Å². The number of rotatable bonds is 3. The van der Waals surface area contributed by atoms with Crippen LogP contribution in [-0.4, -0.2) is 29.4 Å². The molecule has 3 aliphatic rings. The lowest BCUT2D eigenvalue weighted by atomic mass is 9.65. The Hall–Kier alpha value is -4.58. The number of ketones is 3. The highest BCUT2D eigenvalue weighted by molar-refractivity contribution is 6.32. The monoisotopic (exact) mass is 489 g/mol. The molecule has 0 saturated carbocycles. The minimum Gasteiger partial charge on any atom is -0.469 e. The molecular formula is C31H20FNO4. The highest BCUT2D eigenvalue weighted by atomic mass is 19.1. The Balaban J connectivity index is 1.55. The van der Waals surface area contributed by atoms with Crippen LogP contribution in [0.4, 0.5) is 10.1 Å².